The quantitative estimate of drug-likeness (QED) is 0.662. The van der Waals surface area contributed by atoms with E-state index in [2.05, 4.69) is 9.62 Å². The van der Waals surface area contributed by atoms with Crippen molar-refractivity contribution in [2.45, 2.75) is 38.2 Å². The minimum atomic E-state index is -3.07. The van der Waals surface area contributed by atoms with E-state index in [0.717, 1.165) is 38.8 Å². The number of aliphatic hydroxyl groups is 1. The Kier molecular flexibility index (Phi) is 6.55. The lowest BCUT2D eigenvalue weighted by atomic mass is 9.86. The maximum Gasteiger partial charge on any atom is 0.208 e. The topological polar surface area (TPSA) is 69.6 Å². The van der Waals surface area contributed by atoms with Crippen molar-refractivity contribution in [1.29, 1.82) is 0 Å². The van der Waals surface area contributed by atoms with Crippen LogP contribution in [0.3, 0.4) is 0 Å². The predicted octanol–water partition coefficient (Wildman–Crippen LogP) is 0.409. The molecule has 0 aliphatic heterocycles. The molecular formula is C12H26N2O3S. The lowest BCUT2D eigenvalue weighted by Gasteiger charge is -2.31. The van der Waals surface area contributed by atoms with E-state index in [1.54, 1.807) is 0 Å². The Hall–Kier alpha value is -0.170. The van der Waals surface area contributed by atoms with Gasteiger partial charge in [-0.3, -0.25) is 0 Å². The molecule has 108 valence electrons. The van der Waals surface area contributed by atoms with E-state index in [1.165, 1.54) is 12.7 Å². The van der Waals surface area contributed by atoms with Crippen LogP contribution in [0.1, 0.15) is 32.1 Å². The van der Waals surface area contributed by atoms with Gasteiger partial charge in [0.15, 0.2) is 0 Å². The standard InChI is InChI=1S/C12H26N2O3S/c1-14(9-5-8-13-18(2,16)17)10-11-6-3-4-7-12(11)15/h11-13,15H,3-10H2,1-2H3. The second kappa shape index (κ2) is 7.43. The van der Waals surface area contributed by atoms with Crippen molar-refractivity contribution >= 4 is 10.0 Å². The zero-order valence-electron chi connectivity index (χ0n) is 11.4. The van der Waals surface area contributed by atoms with Crippen LogP contribution in [0.15, 0.2) is 0 Å². The monoisotopic (exact) mass is 278 g/mol. The van der Waals surface area contributed by atoms with Crippen LogP contribution < -0.4 is 4.72 Å². The molecule has 0 aromatic carbocycles. The van der Waals surface area contributed by atoms with Crippen LogP contribution >= 0.6 is 0 Å². The van der Waals surface area contributed by atoms with Crippen molar-refractivity contribution in [3.8, 4) is 0 Å². The van der Waals surface area contributed by atoms with Gasteiger partial charge in [0.1, 0.15) is 0 Å². The second-order valence-electron chi connectivity index (χ2n) is 5.39. The van der Waals surface area contributed by atoms with Gasteiger partial charge in [0.25, 0.3) is 0 Å². The first-order valence-electron chi connectivity index (χ1n) is 6.70. The summed E-state index contributed by atoms with van der Waals surface area (Å²) >= 11 is 0. The van der Waals surface area contributed by atoms with Crippen molar-refractivity contribution in [1.82, 2.24) is 9.62 Å². The molecule has 2 unspecified atom stereocenters. The molecule has 0 bridgehead atoms. The number of hydrogen-bond acceptors (Lipinski definition) is 4. The number of nitrogens with one attached hydrogen (secondary N) is 1. The number of hydrogen-bond donors (Lipinski definition) is 2. The summed E-state index contributed by atoms with van der Waals surface area (Å²) in [6.07, 6.45) is 6.20. The molecule has 2 N–H and O–H groups in total. The van der Waals surface area contributed by atoms with E-state index in [9.17, 15) is 13.5 Å². The molecule has 0 spiro atoms. The highest BCUT2D eigenvalue weighted by molar-refractivity contribution is 7.88. The van der Waals surface area contributed by atoms with Gasteiger partial charge in [-0.25, -0.2) is 13.1 Å². The maximum atomic E-state index is 10.9. The van der Waals surface area contributed by atoms with Gasteiger partial charge in [-0.1, -0.05) is 12.8 Å². The second-order valence-corrected chi connectivity index (χ2v) is 7.23. The Bertz CT molecular complexity index is 332. The van der Waals surface area contributed by atoms with E-state index in [0.29, 0.717) is 12.5 Å². The van der Waals surface area contributed by atoms with Gasteiger partial charge in [0, 0.05) is 13.1 Å². The summed E-state index contributed by atoms with van der Waals surface area (Å²) in [6, 6.07) is 0. The predicted molar refractivity (Wildman–Crippen MR) is 72.9 cm³/mol. The fraction of sp³-hybridized carbons (Fsp3) is 1.00. The van der Waals surface area contributed by atoms with Crippen LogP contribution in [0, 0.1) is 5.92 Å². The third kappa shape index (κ3) is 6.68. The fourth-order valence-electron chi connectivity index (χ4n) is 2.50. The normalized spacial score (nSPS) is 25.6. The summed E-state index contributed by atoms with van der Waals surface area (Å²) in [4.78, 5) is 2.18. The lowest BCUT2D eigenvalue weighted by molar-refractivity contribution is 0.0513. The van der Waals surface area contributed by atoms with Crippen LogP contribution in [0.4, 0.5) is 0 Å². The molecule has 0 aromatic rings. The van der Waals surface area contributed by atoms with Crippen LogP contribution in [-0.4, -0.2) is 57.5 Å². The Balaban J connectivity index is 2.15. The van der Waals surface area contributed by atoms with Crippen LogP contribution in [0.2, 0.25) is 0 Å². The Labute approximate surface area is 111 Å². The van der Waals surface area contributed by atoms with Crippen molar-refractivity contribution in [2.75, 3.05) is 32.9 Å². The molecule has 1 aliphatic rings. The first kappa shape index (κ1) is 15.9. The smallest absolute Gasteiger partial charge is 0.208 e. The zero-order valence-corrected chi connectivity index (χ0v) is 12.2. The lowest BCUT2D eigenvalue weighted by Crippen LogP contribution is -2.36. The van der Waals surface area contributed by atoms with Gasteiger partial charge < -0.3 is 10.0 Å². The Morgan fingerprint density at radius 1 is 1.33 bits per heavy atom. The van der Waals surface area contributed by atoms with Crippen molar-refractivity contribution in [3.05, 3.63) is 0 Å². The summed E-state index contributed by atoms with van der Waals surface area (Å²) < 4.78 is 24.2. The first-order chi connectivity index (χ1) is 8.38. The Morgan fingerprint density at radius 3 is 2.61 bits per heavy atom. The third-order valence-electron chi connectivity index (χ3n) is 3.50. The highest BCUT2D eigenvalue weighted by Gasteiger charge is 2.23. The number of aliphatic hydroxyl groups excluding tert-OH is 1. The molecule has 0 amide bonds. The van der Waals surface area contributed by atoms with Crippen molar-refractivity contribution in [2.24, 2.45) is 5.92 Å². The first-order valence-corrected chi connectivity index (χ1v) is 8.59. The van der Waals surface area contributed by atoms with E-state index in [-0.39, 0.29) is 6.10 Å². The van der Waals surface area contributed by atoms with Gasteiger partial charge in [-0.15, -0.1) is 0 Å². The molecule has 0 saturated heterocycles. The third-order valence-corrected chi connectivity index (χ3v) is 4.22. The number of sulfonamides is 1. The minimum Gasteiger partial charge on any atom is -0.393 e. The largest absolute Gasteiger partial charge is 0.393 e. The molecule has 6 heteroatoms. The molecule has 1 fully saturated rings. The average Bonchev–Trinajstić information content (AvgIpc) is 2.26. The van der Waals surface area contributed by atoms with Crippen LogP contribution in [0.5, 0.6) is 0 Å². The number of nitrogens with zero attached hydrogens (tertiary/aromatic N) is 1. The average molecular weight is 278 g/mol. The van der Waals surface area contributed by atoms with Crippen molar-refractivity contribution < 1.29 is 13.5 Å². The van der Waals surface area contributed by atoms with E-state index >= 15 is 0 Å². The summed E-state index contributed by atoms with van der Waals surface area (Å²) in [7, 11) is -1.04. The number of rotatable bonds is 7. The van der Waals surface area contributed by atoms with E-state index in [4.69, 9.17) is 0 Å². The molecular weight excluding hydrogens is 252 g/mol. The molecule has 5 nitrogen and oxygen atoms in total. The van der Waals surface area contributed by atoms with Gasteiger partial charge in [-0.05, 0) is 38.8 Å². The van der Waals surface area contributed by atoms with Crippen LogP contribution in [-0.2, 0) is 10.0 Å². The van der Waals surface area contributed by atoms with Gasteiger partial charge >= 0.3 is 0 Å². The summed E-state index contributed by atoms with van der Waals surface area (Å²) in [6.45, 7) is 2.24. The molecule has 18 heavy (non-hydrogen) atoms. The molecule has 1 saturated carbocycles. The molecule has 2 atom stereocenters. The summed E-state index contributed by atoms with van der Waals surface area (Å²) in [5.41, 5.74) is 0. The van der Waals surface area contributed by atoms with Gasteiger partial charge in [-0.2, -0.15) is 0 Å². The van der Waals surface area contributed by atoms with Crippen molar-refractivity contribution in [3.63, 3.8) is 0 Å². The summed E-state index contributed by atoms with van der Waals surface area (Å²) in [5.74, 6) is 0.381. The molecule has 0 aromatic heterocycles. The van der Waals surface area contributed by atoms with Crippen LogP contribution in [0.25, 0.3) is 0 Å². The minimum absolute atomic E-state index is 0.157. The molecule has 1 aliphatic carbocycles. The van der Waals surface area contributed by atoms with Gasteiger partial charge in [0.05, 0.1) is 12.4 Å². The Morgan fingerprint density at radius 2 is 2.00 bits per heavy atom. The summed E-state index contributed by atoms with van der Waals surface area (Å²) in [5, 5.41) is 9.88. The van der Waals surface area contributed by atoms with Gasteiger partial charge in [0.2, 0.25) is 10.0 Å². The molecule has 1 rings (SSSR count). The molecule has 0 heterocycles. The fourth-order valence-corrected chi connectivity index (χ4v) is 3.01. The van der Waals surface area contributed by atoms with E-state index < -0.39 is 10.0 Å². The SMILES string of the molecule is CN(CCCNS(C)(=O)=O)CC1CCCCC1O. The molecule has 0 radical (unpaired) electrons. The highest BCUT2D eigenvalue weighted by Crippen LogP contribution is 2.24. The van der Waals surface area contributed by atoms with E-state index in [1.807, 2.05) is 7.05 Å². The maximum absolute atomic E-state index is 10.9. The highest BCUT2D eigenvalue weighted by atomic mass is 32.2. The zero-order chi connectivity index (χ0) is 13.6.